The highest BCUT2D eigenvalue weighted by molar-refractivity contribution is 6.07. The first-order chi connectivity index (χ1) is 17.2. The third kappa shape index (κ3) is 5.35. The molecule has 0 saturated carbocycles. The van der Waals surface area contributed by atoms with Crippen LogP contribution >= 0.6 is 0 Å². The maximum atomic E-state index is 14.1. The van der Waals surface area contributed by atoms with Crippen LogP contribution in [0.4, 0.5) is 28.9 Å². The minimum Gasteiger partial charge on any atom is -0.457 e. The Balaban J connectivity index is 1.70. The number of ether oxygens (including phenoxy) is 1. The first-order valence-corrected chi connectivity index (χ1v) is 10.6. The number of rotatable bonds is 6. The van der Waals surface area contributed by atoms with Crippen molar-refractivity contribution in [1.82, 2.24) is 0 Å². The van der Waals surface area contributed by atoms with E-state index < -0.39 is 46.2 Å². The lowest BCUT2D eigenvalue weighted by Crippen LogP contribution is -2.17. The van der Waals surface area contributed by atoms with Crippen molar-refractivity contribution < 1.29 is 31.9 Å². The standard InChI is InChI=1S/C27H18F4N2O3/c1-15-6-2-3-11-23(15)36-18-13-16(32-26(34)24-19(28)7-4-8-20(24)29)12-17(14-18)33-27(35)25-21(30)9-5-10-22(25)31/h2-14H,1H3,(H,32,34)(H,33,35). The van der Waals surface area contributed by atoms with E-state index in [0.29, 0.717) is 5.75 Å². The Morgan fingerprint density at radius 1 is 0.639 bits per heavy atom. The summed E-state index contributed by atoms with van der Waals surface area (Å²) in [6.45, 7) is 1.80. The van der Waals surface area contributed by atoms with Crippen molar-refractivity contribution in [2.75, 3.05) is 10.6 Å². The fourth-order valence-corrected chi connectivity index (χ4v) is 3.42. The van der Waals surface area contributed by atoms with E-state index in [1.807, 2.05) is 0 Å². The van der Waals surface area contributed by atoms with E-state index >= 15 is 0 Å². The number of nitrogens with one attached hydrogen (secondary N) is 2. The highest BCUT2D eigenvalue weighted by atomic mass is 19.1. The van der Waals surface area contributed by atoms with Gasteiger partial charge >= 0.3 is 0 Å². The summed E-state index contributed by atoms with van der Waals surface area (Å²) in [5.41, 5.74) is -0.834. The summed E-state index contributed by atoms with van der Waals surface area (Å²) in [5.74, 6) is -5.86. The second-order valence-electron chi connectivity index (χ2n) is 7.72. The number of hydrogen-bond acceptors (Lipinski definition) is 3. The van der Waals surface area contributed by atoms with E-state index in [-0.39, 0.29) is 17.1 Å². The van der Waals surface area contributed by atoms with Gasteiger partial charge in [-0.3, -0.25) is 9.59 Å². The number of carbonyl (C=O) groups excluding carboxylic acids is 2. The molecule has 0 radical (unpaired) electrons. The molecule has 4 rings (SSSR count). The van der Waals surface area contributed by atoms with Gasteiger partial charge < -0.3 is 15.4 Å². The minimum absolute atomic E-state index is 0.00181. The third-order valence-electron chi connectivity index (χ3n) is 5.12. The van der Waals surface area contributed by atoms with E-state index in [4.69, 9.17) is 4.74 Å². The number of halogens is 4. The Morgan fingerprint density at radius 2 is 1.08 bits per heavy atom. The molecule has 36 heavy (non-hydrogen) atoms. The Bertz CT molecular complexity index is 1350. The number of amides is 2. The number of carbonyl (C=O) groups is 2. The lowest BCUT2D eigenvalue weighted by molar-refractivity contribution is 0.101. The number of benzene rings is 4. The van der Waals surface area contributed by atoms with E-state index in [1.165, 1.54) is 18.2 Å². The molecule has 0 aliphatic rings. The Kier molecular flexibility index (Phi) is 7.00. The van der Waals surface area contributed by atoms with Gasteiger partial charge in [-0.2, -0.15) is 0 Å². The predicted molar refractivity (Wildman–Crippen MR) is 126 cm³/mol. The van der Waals surface area contributed by atoms with Crippen molar-refractivity contribution >= 4 is 23.2 Å². The molecule has 0 unspecified atom stereocenters. The van der Waals surface area contributed by atoms with Crippen LogP contribution in [0.3, 0.4) is 0 Å². The summed E-state index contributed by atoms with van der Waals surface area (Å²) in [7, 11) is 0. The van der Waals surface area contributed by atoms with Crippen LogP contribution in [-0.4, -0.2) is 11.8 Å². The normalized spacial score (nSPS) is 10.6. The molecule has 0 heterocycles. The van der Waals surface area contributed by atoms with Gasteiger partial charge in [0.05, 0.1) is 0 Å². The molecule has 0 aromatic heterocycles. The van der Waals surface area contributed by atoms with Crippen molar-refractivity contribution in [3.05, 3.63) is 119 Å². The zero-order valence-electron chi connectivity index (χ0n) is 18.7. The zero-order chi connectivity index (χ0) is 25.8. The van der Waals surface area contributed by atoms with Gasteiger partial charge in [0, 0.05) is 23.5 Å². The zero-order valence-corrected chi connectivity index (χ0v) is 18.7. The predicted octanol–water partition coefficient (Wildman–Crippen LogP) is 6.85. The van der Waals surface area contributed by atoms with Crippen LogP contribution in [0.2, 0.25) is 0 Å². The number of aryl methyl sites for hydroxylation is 1. The van der Waals surface area contributed by atoms with Gasteiger partial charge in [0.1, 0.15) is 45.9 Å². The van der Waals surface area contributed by atoms with Gasteiger partial charge in [-0.15, -0.1) is 0 Å². The molecule has 0 fully saturated rings. The Morgan fingerprint density at radius 3 is 1.53 bits per heavy atom. The number of para-hydroxylation sites is 1. The van der Waals surface area contributed by atoms with Crippen LogP contribution in [0, 0.1) is 30.2 Å². The molecule has 5 nitrogen and oxygen atoms in total. The van der Waals surface area contributed by atoms with Gasteiger partial charge in [0.25, 0.3) is 11.8 Å². The minimum atomic E-state index is -1.09. The van der Waals surface area contributed by atoms with E-state index in [0.717, 1.165) is 42.0 Å². The summed E-state index contributed by atoms with van der Waals surface area (Å²) in [4.78, 5) is 25.2. The molecular weight excluding hydrogens is 476 g/mol. The summed E-state index contributed by atoms with van der Waals surface area (Å²) in [5, 5.41) is 4.72. The van der Waals surface area contributed by atoms with Crippen LogP contribution < -0.4 is 15.4 Å². The van der Waals surface area contributed by atoms with Gasteiger partial charge in [-0.25, -0.2) is 17.6 Å². The van der Waals surface area contributed by atoms with Gasteiger partial charge in [-0.1, -0.05) is 30.3 Å². The lowest BCUT2D eigenvalue weighted by Gasteiger charge is -2.14. The molecule has 0 spiro atoms. The maximum Gasteiger partial charge on any atom is 0.261 e. The van der Waals surface area contributed by atoms with E-state index in [1.54, 1.807) is 31.2 Å². The molecule has 0 atom stereocenters. The molecular formula is C27H18F4N2O3. The number of hydrogen-bond donors (Lipinski definition) is 2. The van der Waals surface area contributed by atoms with Gasteiger partial charge in [0.2, 0.25) is 0 Å². The maximum absolute atomic E-state index is 14.1. The molecule has 182 valence electrons. The Labute approximate surface area is 203 Å². The lowest BCUT2D eigenvalue weighted by atomic mass is 10.1. The average Bonchev–Trinajstić information content (AvgIpc) is 2.80. The molecule has 0 aliphatic heterocycles. The summed E-state index contributed by atoms with van der Waals surface area (Å²) in [6, 6.07) is 17.0. The van der Waals surface area contributed by atoms with Crippen molar-refractivity contribution in [1.29, 1.82) is 0 Å². The second-order valence-corrected chi connectivity index (χ2v) is 7.72. The van der Waals surface area contributed by atoms with Crippen LogP contribution in [0.1, 0.15) is 26.3 Å². The molecule has 4 aromatic carbocycles. The summed E-state index contributed by atoms with van der Waals surface area (Å²) < 4.78 is 62.2. The number of anilines is 2. The fourth-order valence-electron chi connectivity index (χ4n) is 3.42. The first-order valence-electron chi connectivity index (χ1n) is 10.6. The van der Waals surface area contributed by atoms with Crippen LogP contribution in [0.5, 0.6) is 11.5 Å². The van der Waals surface area contributed by atoms with Crippen molar-refractivity contribution in [3.8, 4) is 11.5 Å². The molecule has 0 bridgehead atoms. The monoisotopic (exact) mass is 494 g/mol. The van der Waals surface area contributed by atoms with Crippen LogP contribution in [-0.2, 0) is 0 Å². The molecule has 4 aromatic rings. The van der Waals surface area contributed by atoms with Gasteiger partial charge in [-0.05, 0) is 48.9 Å². The largest absolute Gasteiger partial charge is 0.457 e. The van der Waals surface area contributed by atoms with E-state index in [9.17, 15) is 27.2 Å². The highest BCUT2D eigenvalue weighted by Gasteiger charge is 2.20. The molecule has 9 heteroatoms. The average molecular weight is 494 g/mol. The molecule has 0 saturated heterocycles. The third-order valence-corrected chi connectivity index (χ3v) is 5.12. The van der Waals surface area contributed by atoms with Crippen LogP contribution in [0.25, 0.3) is 0 Å². The van der Waals surface area contributed by atoms with Gasteiger partial charge in [0.15, 0.2) is 0 Å². The molecule has 2 amide bonds. The summed E-state index contributed by atoms with van der Waals surface area (Å²) >= 11 is 0. The van der Waals surface area contributed by atoms with Crippen LogP contribution in [0.15, 0.2) is 78.9 Å². The van der Waals surface area contributed by atoms with Crippen molar-refractivity contribution in [3.63, 3.8) is 0 Å². The summed E-state index contributed by atoms with van der Waals surface area (Å²) in [6.07, 6.45) is 0. The second kappa shape index (κ2) is 10.3. The van der Waals surface area contributed by atoms with Crippen molar-refractivity contribution in [2.24, 2.45) is 0 Å². The molecule has 2 N–H and O–H groups in total. The van der Waals surface area contributed by atoms with E-state index in [2.05, 4.69) is 10.6 Å². The topological polar surface area (TPSA) is 67.4 Å². The quantitative estimate of drug-likeness (QED) is 0.288. The highest BCUT2D eigenvalue weighted by Crippen LogP contribution is 2.31. The molecule has 0 aliphatic carbocycles. The van der Waals surface area contributed by atoms with Crippen molar-refractivity contribution in [2.45, 2.75) is 6.92 Å². The fraction of sp³-hybridized carbons (Fsp3) is 0.0370. The SMILES string of the molecule is Cc1ccccc1Oc1cc(NC(=O)c2c(F)cccc2F)cc(NC(=O)c2c(F)cccc2F)c1. The smallest absolute Gasteiger partial charge is 0.261 e. The Hall–Kier alpha value is -4.66. The first kappa shape index (κ1) is 24.5.